The first-order valence-electron chi connectivity index (χ1n) is 7.22. The minimum Gasteiger partial charge on any atom is -0.477 e. The minimum atomic E-state index is -1.07. The molecule has 0 fully saturated rings. The first-order chi connectivity index (χ1) is 11.5. The van der Waals surface area contributed by atoms with Gasteiger partial charge < -0.3 is 9.67 Å². The monoisotopic (exact) mass is 380 g/mol. The number of carboxylic acid groups (broad SMARTS) is 1. The molecule has 4 nitrogen and oxygen atoms in total. The molecule has 0 spiro atoms. The van der Waals surface area contributed by atoms with Crippen LogP contribution in [-0.2, 0) is 7.05 Å². The fourth-order valence-electron chi connectivity index (χ4n) is 2.75. The molecule has 1 heterocycles. The van der Waals surface area contributed by atoms with Crippen molar-refractivity contribution in [1.29, 1.82) is 5.26 Å². The van der Waals surface area contributed by atoms with Crippen LogP contribution in [0.1, 0.15) is 16.1 Å². The molecule has 0 bridgehead atoms. The largest absolute Gasteiger partial charge is 0.477 e. The van der Waals surface area contributed by atoms with Crippen LogP contribution in [0, 0.1) is 11.3 Å². The van der Waals surface area contributed by atoms with Crippen molar-refractivity contribution in [3.05, 3.63) is 70.5 Å². The van der Waals surface area contributed by atoms with E-state index in [1.807, 2.05) is 54.6 Å². The van der Waals surface area contributed by atoms with Crippen molar-refractivity contribution in [2.24, 2.45) is 7.05 Å². The highest BCUT2D eigenvalue weighted by molar-refractivity contribution is 9.10. The number of hydrogen-bond donors (Lipinski definition) is 1. The van der Waals surface area contributed by atoms with Crippen LogP contribution < -0.4 is 0 Å². The van der Waals surface area contributed by atoms with Gasteiger partial charge >= 0.3 is 5.97 Å². The van der Waals surface area contributed by atoms with Gasteiger partial charge in [0, 0.05) is 12.6 Å². The van der Waals surface area contributed by atoms with Crippen LogP contribution in [0.15, 0.2) is 59.2 Å². The number of nitrogens with zero attached hydrogens (tertiary/aromatic N) is 2. The average Bonchev–Trinajstić information content (AvgIpc) is 2.87. The Morgan fingerprint density at radius 3 is 2.12 bits per heavy atom. The maximum atomic E-state index is 11.6. The molecule has 0 amide bonds. The lowest BCUT2D eigenvalue weighted by Gasteiger charge is -2.06. The third-order valence-electron chi connectivity index (χ3n) is 3.92. The van der Waals surface area contributed by atoms with Gasteiger partial charge in [0.25, 0.3) is 0 Å². The molecule has 0 radical (unpaired) electrons. The molecule has 24 heavy (non-hydrogen) atoms. The highest BCUT2D eigenvalue weighted by Gasteiger charge is 2.25. The zero-order valence-corrected chi connectivity index (χ0v) is 14.4. The molecule has 0 unspecified atom stereocenters. The quantitative estimate of drug-likeness (QED) is 0.716. The molecule has 0 saturated heterocycles. The average molecular weight is 381 g/mol. The second-order valence-corrected chi connectivity index (χ2v) is 6.06. The molecular formula is C19H13BrN2O2. The number of hydrogen-bond acceptors (Lipinski definition) is 2. The summed E-state index contributed by atoms with van der Waals surface area (Å²) in [6, 6.07) is 19.6. The molecule has 5 heteroatoms. The van der Waals surface area contributed by atoms with Crippen molar-refractivity contribution in [3.8, 4) is 28.3 Å². The lowest BCUT2D eigenvalue weighted by molar-refractivity contribution is 0.0687. The van der Waals surface area contributed by atoms with Gasteiger partial charge in [-0.1, -0.05) is 54.6 Å². The first kappa shape index (κ1) is 16.0. The summed E-state index contributed by atoms with van der Waals surface area (Å²) in [6.45, 7) is 0. The van der Waals surface area contributed by atoms with Crippen molar-refractivity contribution in [3.63, 3.8) is 0 Å². The molecule has 0 atom stereocenters. The maximum absolute atomic E-state index is 11.6. The molecule has 2 aromatic carbocycles. The number of carboxylic acids is 1. The van der Waals surface area contributed by atoms with E-state index in [1.54, 1.807) is 7.05 Å². The van der Waals surface area contributed by atoms with Gasteiger partial charge in [0.15, 0.2) is 0 Å². The van der Waals surface area contributed by atoms with Crippen LogP contribution in [0.5, 0.6) is 0 Å². The van der Waals surface area contributed by atoms with Crippen molar-refractivity contribution in [2.45, 2.75) is 0 Å². The second kappa shape index (κ2) is 6.34. The van der Waals surface area contributed by atoms with Gasteiger partial charge in [-0.05, 0) is 32.6 Å². The zero-order valence-electron chi connectivity index (χ0n) is 12.8. The van der Waals surface area contributed by atoms with E-state index in [0.717, 1.165) is 11.1 Å². The lowest BCUT2D eigenvalue weighted by atomic mass is 9.98. The summed E-state index contributed by atoms with van der Waals surface area (Å²) < 4.78 is 1.94. The van der Waals surface area contributed by atoms with E-state index < -0.39 is 5.97 Å². The van der Waals surface area contributed by atoms with Crippen LogP contribution in [0.4, 0.5) is 0 Å². The van der Waals surface area contributed by atoms with E-state index in [2.05, 4.69) is 22.0 Å². The number of benzene rings is 2. The Morgan fingerprint density at radius 1 is 1.04 bits per heavy atom. The van der Waals surface area contributed by atoms with Gasteiger partial charge in [-0.2, -0.15) is 5.26 Å². The van der Waals surface area contributed by atoms with E-state index in [-0.39, 0.29) is 5.69 Å². The zero-order chi connectivity index (χ0) is 17.3. The van der Waals surface area contributed by atoms with E-state index >= 15 is 0 Å². The molecule has 0 aliphatic carbocycles. The number of nitriles is 1. The number of carbonyl (C=O) groups is 1. The maximum Gasteiger partial charge on any atom is 0.353 e. The predicted molar refractivity (Wildman–Crippen MR) is 95.7 cm³/mol. The first-order valence-corrected chi connectivity index (χ1v) is 8.01. The summed E-state index contributed by atoms with van der Waals surface area (Å²) in [6.07, 6.45) is 0. The fraction of sp³-hybridized carbons (Fsp3) is 0.0526. The van der Waals surface area contributed by atoms with Gasteiger partial charge in [-0.3, -0.25) is 0 Å². The van der Waals surface area contributed by atoms with Crippen molar-refractivity contribution in [2.75, 3.05) is 0 Å². The molecule has 0 aliphatic heterocycles. The summed E-state index contributed by atoms with van der Waals surface area (Å²) in [5.41, 5.74) is 3.65. The summed E-state index contributed by atoms with van der Waals surface area (Å²) >= 11 is 3.31. The third kappa shape index (κ3) is 2.61. The Morgan fingerprint density at radius 2 is 1.58 bits per heavy atom. The van der Waals surface area contributed by atoms with Gasteiger partial charge in [0.1, 0.15) is 16.4 Å². The molecule has 3 rings (SSSR count). The molecule has 1 N–H and O–H groups in total. The Hall–Kier alpha value is -2.84. The normalized spacial score (nSPS) is 10.4. The molecule has 1 aromatic heterocycles. The Balaban J connectivity index is 2.15. The Bertz CT molecular complexity index is 952. The highest BCUT2D eigenvalue weighted by atomic mass is 79.9. The SMILES string of the molecule is Cn1c(Br)c(C#N)c(-c2ccc(-c3ccccc3)cc2)c1C(=O)O. The highest BCUT2D eigenvalue weighted by Crippen LogP contribution is 2.35. The van der Waals surface area contributed by atoms with Crippen LogP contribution in [0.3, 0.4) is 0 Å². The Labute approximate surface area is 147 Å². The van der Waals surface area contributed by atoms with Crippen molar-refractivity contribution < 1.29 is 9.90 Å². The number of halogens is 1. The summed E-state index contributed by atoms with van der Waals surface area (Å²) in [5.74, 6) is -1.07. The van der Waals surface area contributed by atoms with Gasteiger partial charge in [-0.15, -0.1) is 0 Å². The van der Waals surface area contributed by atoms with Crippen molar-refractivity contribution in [1.82, 2.24) is 4.57 Å². The molecule has 118 valence electrons. The summed E-state index contributed by atoms with van der Waals surface area (Å²) in [4.78, 5) is 11.6. The predicted octanol–water partition coefficient (Wildman–Crippen LogP) is 4.69. The fourth-order valence-corrected chi connectivity index (χ4v) is 3.21. The minimum absolute atomic E-state index is 0.0888. The summed E-state index contributed by atoms with van der Waals surface area (Å²) in [7, 11) is 1.62. The third-order valence-corrected chi connectivity index (χ3v) is 4.85. The second-order valence-electron chi connectivity index (χ2n) is 5.31. The molecule has 3 aromatic rings. The molecule has 0 aliphatic rings. The van der Waals surface area contributed by atoms with E-state index in [1.165, 1.54) is 4.57 Å². The Kier molecular flexibility index (Phi) is 4.24. The number of aromatic nitrogens is 1. The smallest absolute Gasteiger partial charge is 0.353 e. The van der Waals surface area contributed by atoms with E-state index in [4.69, 9.17) is 0 Å². The number of rotatable bonds is 3. The molecule has 0 saturated carbocycles. The van der Waals surface area contributed by atoms with E-state index in [9.17, 15) is 15.2 Å². The topological polar surface area (TPSA) is 66.0 Å². The molecular weight excluding hydrogens is 368 g/mol. The van der Waals surface area contributed by atoms with Gasteiger partial charge in [-0.25, -0.2) is 4.79 Å². The van der Waals surface area contributed by atoms with Crippen LogP contribution >= 0.6 is 15.9 Å². The van der Waals surface area contributed by atoms with Gasteiger partial charge in [0.05, 0.1) is 5.56 Å². The van der Waals surface area contributed by atoms with Crippen molar-refractivity contribution >= 4 is 21.9 Å². The van der Waals surface area contributed by atoms with Gasteiger partial charge in [0.2, 0.25) is 0 Å². The lowest BCUT2D eigenvalue weighted by Crippen LogP contribution is -2.06. The standard InChI is InChI=1S/C19H13BrN2O2/c1-22-17(19(23)24)16(15(11-21)18(22)20)14-9-7-13(8-10-14)12-5-3-2-4-6-12/h2-10H,1H3,(H,23,24). The van der Waals surface area contributed by atoms with Crippen LogP contribution in [-0.4, -0.2) is 15.6 Å². The van der Waals surface area contributed by atoms with E-state index in [0.29, 0.717) is 21.3 Å². The summed E-state index contributed by atoms with van der Waals surface area (Å²) in [5, 5.41) is 18.9. The van der Waals surface area contributed by atoms with Crippen LogP contribution in [0.2, 0.25) is 0 Å². The van der Waals surface area contributed by atoms with Crippen LogP contribution in [0.25, 0.3) is 22.3 Å². The number of aromatic carboxylic acids is 1.